The number of carbonyl (C=O) groups is 2. The molecule has 2 rings (SSSR count). The van der Waals surface area contributed by atoms with Gasteiger partial charge in [-0.2, -0.15) is 0 Å². The molecule has 0 aliphatic carbocycles. The molecule has 0 fully saturated rings. The summed E-state index contributed by atoms with van der Waals surface area (Å²) in [6.45, 7) is 1.95. The Morgan fingerprint density at radius 1 is 1.19 bits per heavy atom. The molecule has 142 valence electrons. The van der Waals surface area contributed by atoms with E-state index in [2.05, 4.69) is 5.32 Å². The lowest BCUT2D eigenvalue weighted by molar-refractivity contribution is -0.384. The fourth-order valence-corrected chi connectivity index (χ4v) is 2.92. The summed E-state index contributed by atoms with van der Waals surface area (Å²) in [5.74, 6) is -0.0540. The summed E-state index contributed by atoms with van der Waals surface area (Å²) in [6.07, 6.45) is 0.135. The number of ether oxygens (including phenoxy) is 1. The zero-order chi connectivity index (χ0) is 19.8. The summed E-state index contributed by atoms with van der Waals surface area (Å²) in [5, 5.41) is 13.1. The molecule has 1 atom stereocenters. The minimum absolute atomic E-state index is 0.00888. The van der Waals surface area contributed by atoms with Crippen LogP contribution in [0.1, 0.15) is 13.3 Å². The van der Waals surface area contributed by atoms with Crippen molar-refractivity contribution in [3.8, 4) is 5.75 Å². The maximum Gasteiger partial charge on any atom is 0.269 e. The van der Waals surface area contributed by atoms with E-state index in [1.54, 1.807) is 43.3 Å². The molecule has 0 spiro atoms. The molecule has 0 aliphatic heterocycles. The van der Waals surface area contributed by atoms with E-state index in [0.29, 0.717) is 11.4 Å². The minimum Gasteiger partial charge on any atom is -0.493 e. The molecule has 0 bridgehead atoms. The van der Waals surface area contributed by atoms with Crippen molar-refractivity contribution in [3.05, 3.63) is 58.6 Å². The van der Waals surface area contributed by atoms with Crippen LogP contribution in [0.3, 0.4) is 0 Å². The van der Waals surface area contributed by atoms with Gasteiger partial charge in [-0.3, -0.25) is 19.7 Å². The van der Waals surface area contributed by atoms with Gasteiger partial charge in [0, 0.05) is 22.7 Å². The second kappa shape index (κ2) is 9.58. The summed E-state index contributed by atoms with van der Waals surface area (Å²) in [5.41, 5.74) is 5.66. The highest BCUT2D eigenvalue weighted by molar-refractivity contribution is 8.00. The van der Waals surface area contributed by atoms with Gasteiger partial charge in [-0.15, -0.1) is 11.8 Å². The van der Waals surface area contributed by atoms with Gasteiger partial charge in [0.15, 0.2) is 0 Å². The number of benzene rings is 2. The van der Waals surface area contributed by atoms with Crippen molar-refractivity contribution >= 4 is 35.0 Å². The van der Waals surface area contributed by atoms with Gasteiger partial charge in [0.25, 0.3) is 5.69 Å². The molecule has 27 heavy (non-hydrogen) atoms. The molecule has 2 amide bonds. The van der Waals surface area contributed by atoms with Crippen LogP contribution in [-0.4, -0.2) is 28.6 Å². The average molecular weight is 389 g/mol. The summed E-state index contributed by atoms with van der Waals surface area (Å²) >= 11 is 1.31. The number of anilines is 1. The van der Waals surface area contributed by atoms with Crippen molar-refractivity contribution < 1.29 is 19.2 Å². The highest BCUT2D eigenvalue weighted by Gasteiger charge is 2.15. The Bertz CT molecular complexity index is 809. The predicted octanol–water partition coefficient (Wildman–Crippen LogP) is 2.97. The van der Waals surface area contributed by atoms with Crippen molar-refractivity contribution in [2.75, 3.05) is 11.9 Å². The van der Waals surface area contributed by atoms with E-state index in [0.717, 1.165) is 4.90 Å². The molecule has 0 aliphatic rings. The molecular weight excluding hydrogens is 370 g/mol. The number of nitrogens with one attached hydrogen (secondary N) is 1. The molecule has 3 N–H and O–H groups in total. The number of hydrogen-bond acceptors (Lipinski definition) is 6. The third-order valence-electron chi connectivity index (χ3n) is 3.47. The number of nitrogens with two attached hydrogens (primary N) is 1. The standard InChI is InChI=1S/C18H19N3O5S/c1-12(27-16-8-4-14(5-9-16)21(24)25)18(23)20-13-2-6-15(7-3-13)26-11-10-17(19)22/h2-9,12H,10-11H2,1H3,(H2,19,22)(H,20,23). The Morgan fingerprint density at radius 2 is 1.81 bits per heavy atom. The quantitative estimate of drug-likeness (QED) is 0.386. The molecule has 9 heteroatoms. The first kappa shape index (κ1) is 20.2. The van der Waals surface area contributed by atoms with Gasteiger partial charge in [0.05, 0.1) is 23.2 Å². The van der Waals surface area contributed by atoms with E-state index in [9.17, 15) is 19.7 Å². The van der Waals surface area contributed by atoms with E-state index in [1.807, 2.05) is 0 Å². The number of non-ortho nitro benzene ring substituents is 1. The molecule has 1 unspecified atom stereocenters. The molecule has 0 saturated heterocycles. The largest absolute Gasteiger partial charge is 0.493 e. The monoisotopic (exact) mass is 389 g/mol. The molecule has 8 nitrogen and oxygen atoms in total. The summed E-state index contributed by atoms with van der Waals surface area (Å²) < 4.78 is 5.36. The van der Waals surface area contributed by atoms with Crippen LogP contribution in [0.5, 0.6) is 5.75 Å². The summed E-state index contributed by atoms with van der Waals surface area (Å²) in [6, 6.07) is 12.8. The number of hydrogen-bond donors (Lipinski definition) is 2. The molecule has 0 heterocycles. The van der Waals surface area contributed by atoms with Crippen LogP contribution in [-0.2, 0) is 9.59 Å². The number of carbonyl (C=O) groups excluding carboxylic acids is 2. The Morgan fingerprint density at radius 3 is 2.37 bits per heavy atom. The minimum atomic E-state index is -0.466. The fraction of sp³-hybridized carbons (Fsp3) is 0.222. The third kappa shape index (κ3) is 6.63. The molecule has 2 aromatic carbocycles. The van der Waals surface area contributed by atoms with Crippen LogP contribution in [0.2, 0.25) is 0 Å². The lowest BCUT2D eigenvalue weighted by Crippen LogP contribution is -2.22. The van der Waals surface area contributed by atoms with Crippen molar-refractivity contribution in [2.45, 2.75) is 23.5 Å². The van der Waals surface area contributed by atoms with Gasteiger partial charge in [-0.1, -0.05) is 0 Å². The van der Waals surface area contributed by atoms with E-state index < -0.39 is 16.1 Å². The number of rotatable bonds is 9. The number of primary amides is 1. The molecule has 2 aromatic rings. The highest BCUT2D eigenvalue weighted by Crippen LogP contribution is 2.26. The Balaban J connectivity index is 1.86. The average Bonchev–Trinajstić information content (AvgIpc) is 2.63. The van der Waals surface area contributed by atoms with Crippen LogP contribution in [0.25, 0.3) is 0 Å². The fourth-order valence-electron chi connectivity index (χ4n) is 2.05. The zero-order valence-corrected chi connectivity index (χ0v) is 15.4. The molecular formula is C18H19N3O5S. The second-order valence-electron chi connectivity index (χ2n) is 5.59. The molecule has 0 saturated carbocycles. The molecule has 0 aromatic heterocycles. The number of nitro groups is 1. The van der Waals surface area contributed by atoms with Gasteiger partial charge in [0.2, 0.25) is 11.8 Å². The van der Waals surface area contributed by atoms with E-state index >= 15 is 0 Å². The number of nitro benzene ring substituents is 1. The maximum atomic E-state index is 12.3. The number of thioether (sulfide) groups is 1. The van der Waals surface area contributed by atoms with Crippen molar-refractivity contribution in [2.24, 2.45) is 5.73 Å². The summed E-state index contributed by atoms with van der Waals surface area (Å²) in [4.78, 5) is 33.9. The zero-order valence-electron chi connectivity index (χ0n) is 14.6. The normalized spacial score (nSPS) is 11.4. The van der Waals surface area contributed by atoms with Gasteiger partial charge in [-0.05, 0) is 43.3 Å². The number of amides is 2. The van der Waals surface area contributed by atoms with Gasteiger partial charge < -0.3 is 15.8 Å². The van der Waals surface area contributed by atoms with Crippen LogP contribution in [0, 0.1) is 10.1 Å². The first-order valence-electron chi connectivity index (χ1n) is 8.08. The van der Waals surface area contributed by atoms with Crippen molar-refractivity contribution in [1.82, 2.24) is 0 Å². The SMILES string of the molecule is CC(Sc1ccc([N+](=O)[O-])cc1)C(=O)Nc1ccc(OCCC(N)=O)cc1. The smallest absolute Gasteiger partial charge is 0.269 e. The topological polar surface area (TPSA) is 125 Å². The van der Waals surface area contributed by atoms with E-state index in [4.69, 9.17) is 10.5 Å². The first-order chi connectivity index (χ1) is 12.8. The van der Waals surface area contributed by atoms with Crippen LogP contribution >= 0.6 is 11.8 Å². The van der Waals surface area contributed by atoms with E-state index in [1.165, 1.54) is 23.9 Å². The van der Waals surface area contributed by atoms with Gasteiger partial charge in [-0.25, -0.2) is 0 Å². The van der Waals surface area contributed by atoms with Crippen molar-refractivity contribution in [1.29, 1.82) is 0 Å². The van der Waals surface area contributed by atoms with Gasteiger partial charge in [0.1, 0.15) is 5.75 Å². The Kier molecular flexibility index (Phi) is 7.18. The van der Waals surface area contributed by atoms with Crippen LogP contribution < -0.4 is 15.8 Å². The summed E-state index contributed by atoms with van der Waals surface area (Å²) in [7, 11) is 0. The first-order valence-corrected chi connectivity index (χ1v) is 8.96. The highest BCUT2D eigenvalue weighted by atomic mass is 32.2. The van der Waals surface area contributed by atoms with Crippen LogP contribution in [0.15, 0.2) is 53.4 Å². The third-order valence-corrected chi connectivity index (χ3v) is 4.58. The number of nitrogens with zero attached hydrogens (tertiary/aromatic N) is 1. The van der Waals surface area contributed by atoms with Crippen LogP contribution in [0.4, 0.5) is 11.4 Å². The Hall–Kier alpha value is -3.07. The maximum absolute atomic E-state index is 12.3. The second-order valence-corrected chi connectivity index (χ2v) is 7.00. The molecule has 0 radical (unpaired) electrons. The lowest BCUT2D eigenvalue weighted by atomic mass is 10.3. The van der Waals surface area contributed by atoms with E-state index in [-0.39, 0.29) is 24.6 Å². The Labute approximate surface area is 160 Å². The van der Waals surface area contributed by atoms with Gasteiger partial charge >= 0.3 is 0 Å². The predicted molar refractivity (Wildman–Crippen MR) is 103 cm³/mol. The van der Waals surface area contributed by atoms with Crippen molar-refractivity contribution in [3.63, 3.8) is 0 Å². The lowest BCUT2D eigenvalue weighted by Gasteiger charge is -2.12.